The van der Waals surface area contributed by atoms with E-state index in [2.05, 4.69) is 0 Å². The molecule has 1 aromatic rings. The van der Waals surface area contributed by atoms with Gasteiger partial charge >= 0.3 is 0 Å². The van der Waals surface area contributed by atoms with Crippen LogP contribution in [0, 0.1) is 23.2 Å². The average molecular weight is 341 g/mol. The predicted octanol–water partition coefficient (Wildman–Crippen LogP) is 3.50. The molecule has 1 aromatic carbocycles. The van der Waals surface area contributed by atoms with Crippen LogP contribution in [0.4, 0.5) is 0 Å². The van der Waals surface area contributed by atoms with Crippen LogP contribution in [0.3, 0.4) is 0 Å². The summed E-state index contributed by atoms with van der Waals surface area (Å²) in [5, 5.41) is 0. The van der Waals surface area contributed by atoms with Gasteiger partial charge in [-0.2, -0.15) is 0 Å². The second-order valence-corrected chi connectivity index (χ2v) is 8.88. The maximum absolute atomic E-state index is 13.3. The number of rotatable bonds is 3. The SMILES string of the molecule is CN(CC1COc2ccccc2O1)C(=O)C12CC3CC(CC(C3)C1)C2. The number of carbonyl (C=O) groups is 1. The summed E-state index contributed by atoms with van der Waals surface area (Å²) in [6, 6.07) is 7.76. The summed E-state index contributed by atoms with van der Waals surface area (Å²) in [6.45, 7) is 1.12. The maximum Gasteiger partial charge on any atom is 0.228 e. The molecule has 0 saturated heterocycles. The average Bonchev–Trinajstić information content (AvgIpc) is 2.60. The van der Waals surface area contributed by atoms with Gasteiger partial charge in [0.1, 0.15) is 6.61 Å². The Kier molecular flexibility index (Phi) is 3.51. The topological polar surface area (TPSA) is 38.8 Å². The third-order valence-electron chi connectivity index (χ3n) is 6.88. The number of ether oxygens (including phenoxy) is 2. The number of carbonyl (C=O) groups excluding carboxylic acids is 1. The van der Waals surface area contributed by atoms with E-state index in [1.165, 1.54) is 19.3 Å². The molecule has 4 heteroatoms. The van der Waals surface area contributed by atoms with Gasteiger partial charge in [0.25, 0.3) is 0 Å². The van der Waals surface area contributed by atoms with Crippen molar-refractivity contribution in [2.75, 3.05) is 20.2 Å². The van der Waals surface area contributed by atoms with Gasteiger partial charge in [-0.1, -0.05) is 12.1 Å². The van der Waals surface area contributed by atoms with Crippen molar-refractivity contribution in [3.05, 3.63) is 24.3 Å². The van der Waals surface area contributed by atoms with Gasteiger partial charge in [-0.05, 0) is 68.4 Å². The third kappa shape index (κ3) is 2.61. The fourth-order valence-corrected chi connectivity index (χ4v) is 6.32. The van der Waals surface area contributed by atoms with Crippen molar-refractivity contribution in [2.45, 2.75) is 44.6 Å². The van der Waals surface area contributed by atoms with Crippen LogP contribution in [-0.4, -0.2) is 37.1 Å². The lowest BCUT2D eigenvalue weighted by molar-refractivity contribution is -0.157. The molecule has 4 nitrogen and oxygen atoms in total. The van der Waals surface area contributed by atoms with Crippen LogP contribution in [-0.2, 0) is 4.79 Å². The molecule has 4 saturated carbocycles. The monoisotopic (exact) mass is 341 g/mol. The number of para-hydroxylation sites is 2. The van der Waals surface area contributed by atoms with Crippen LogP contribution in [0.25, 0.3) is 0 Å². The van der Waals surface area contributed by atoms with Gasteiger partial charge in [-0.25, -0.2) is 0 Å². The first kappa shape index (κ1) is 15.5. The van der Waals surface area contributed by atoms with Crippen LogP contribution in [0.2, 0.25) is 0 Å². The molecule has 1 aliphatic heterocycles. The Morgan fingerprint density at radius 1 is 1.08 bits per heavy atom. The molecule has 6 rings (SSSR count). The Balaban J connectivity index is 1.27. The number of benzene rings is 1. The highest BCUT2D eigenvalue weighted by molar-refractivity contribution is 5.83. The molecule has 1 atom stereocenters. The van der Waals surface area contributed by atoms with Crippen molar-refractivity contribution in [3.8, 4) is 11.5 Å². The van der Waals surface area contributed by atoms with Gasteiger partial charge in [0, 0.05) is 7.05 Å². The van der Waals surface area contributed by atoms with E-state index >= 15 is 0 Å². The molecule has 4 bridgehead atoms. The van der Waals surface area contributed by atoms with E-state index in [1.54, 1.807) is 0 Å². The first-order valence-electron chi connectivity index (χ1n) is 9.75. The van der Waals surface area contributed by atoms with Gasteiger partial charge in [-0.15, -0.1) is 0 Å². The van der Waals surface area contributed by atoms with E-state index in [0.29, 0.717) is 19.1 Å². The summed E-state index contributed by atoms with van der Waals surface area (Å²) in [5.41, 5.74) is -0.0725. The lowest BCUT2D eigenvalue weighted by Crippen LogP contribution is -2.55. The van der Waals surface area contributed by atoms with Crippen LogP contribution in [0.5, 0.6) is 11.5 Å². The van der Waals surface area contributed by atoms with E-state index in [4.69, 9.17) is 9.47 Å². The van der Waals surface area contributed by atoms with Gasteiger partial charge in [0.2, 0.25) is 5.91 Å². The van der Waals surface area contributed by atoms with Crippen LogP contribution < -0.4 is 9.47 Å². The zero-order valence-electron chi connectivity index (χ0n) is 14.9. The molecule has 25 heavy (non-hydrogen) atoms. The lowest BCUT2D eigenvalue weighted by atomic mass is 9.49. The largest absolute Gasteiger partial charge is 0.486 e. The summed E-state index contributed by atoms with van der Waals surface area (Å²) in [4.78, 5) is 15.3. The van der Waals surface area contributed by atoms with Crippen LogP contribution in [0.15, 0.2) is 24.3 Å². The van der Waals surface area contributed by atoms with Crippen molar-refractivity contribution < 1.29 is 14.3 Å². The first-order valence-corrected chi connectivity index (χ1v) is 9.75. The maximum atomic E-state index is 13.3. The second-order valence-electron chi connectivity index (χ2n) is 8.88. The van der Waals surface area contributed by atoms with Crippen LogP contribution in [0.1, 0.15) is 38.5 Å². The number of fused-ring (bicyclic) bond motifs is 1. The molecule has 4 fully saturated rings. The molecule has 134 valence electrons. The lowest BCUT2D eigenvalue weighted by Gasteiger charge is -2.56. The Morgan fingerprint density at radius 3 is 2.32 bits per heavy atom. The Bertz CT molecular complexity index is 650. The summed E-state index contributed by atoms with van der Waals surface area (Å²) < 4.78 is 11.9. The number of likely N-dealkylation sites (N-methyl/N-ethyl adjacent to an activating group) is 1. The predicted molar refractivity (Wildman–Crippen MR) is 94.6 cm³/mol. The Morgan fingerprint density at radius 2 is 1.68 bits per heavy atom. The summed E-state index contributed by atoms with van der Waals surface area (Å²) in [5.74, 6) is 4.33. The zero-order chi connectivity index (χ0) is 17.0. The fraction of sp³-hybridized carbons (Fsp3) is 0.667. The summed E-state index contributed by atoms with van der Waals surface area (Å²) in [7, 11) is 1.95. The van der Waals surface area contributed by atoms with Crippen molar-refractivity contribution in [1.82, 2.24) is 4.90 Å². The standard InChI is InChI=1S/C21H27NO3/c1-22(12-17-13-24-18-4-2-3-5-19(18)25-17)20(23)21-9-14-6-15(10-21)8-16(7-14)11-21/h2-5,14-17H,6-13H2,1H3. The summed E-state index contributed by atoms with van der Waals surface area (Å²) in [6.07, 6.45) is 7.37. The van der Waals surface area contributed by atoms with E-state index in [0.717, 1.165) is 48.5 Å². The molecular weight excluding hydrogens is 314 g/mol. The number of nitrogens with zero attached hydrogens (tertiary/aromatic N) is 1. The molecule has 1 amide bonds. The molecule has 0 radical (unpaired) electrons. The van der Waals surface area contributed by atoms with Gasteiger partial charge in [0.05, 0.1) is 12.0 Å². The highest BCUT2D eigenvalue weighted by atomic mass is 16.6. The van der Waals surface area contributed by atoms with Crippen molar-refractivity contribution in [1.29, 1.82) is 0 Å². The van der Waals surface area contributed by atoms with E-state index in [1.807, 2.05) is 36.2 Å². The Hall–Kier alpha value is -1.71. The molecule has 0 spiro atoms. The zero-order valence-corrected chi connectivity index (χ0v) is 14.9. The van der Waals surface area contributed by atoms with E-state index < -0.39 is 0 Å². The molecular formula is C21H27NO3. The minimum atomic E-state index is -0.0854. The van der Waals surface area contributed by atoms with Crippen molar-refractivity contribution in [3.63, 3.8) is 0 Å². The summed E-state index contributed by atoms with van der Waals surface area (Å²) >= 11 is 0. The van der Waals surface area contributed by atoms with E-state index in [-0.39, 0.29) is 11.5 Å². The molecule has 1 heterocycles. The number of hydrogen-bond donors (Lipinski definition) is 0. The number of hydrogen-bond acceptors (Lipinski definition) is 3. The molecule has 0 aromatic heterocycles. The molecule has 0 N–H and O–H groups in total. The highest BCUT2D eigenvalue weighted by Crippen LogP contribution is 2.60. The van der Waals surface area contributed by atoms with Gasteiger partial charge in [0.15, 0.2) is 17.6 Å². The second kappa shape index (κ2) is 5.65. The van der Waals surface area contributed by atoms with E-state index in [9.17, 15) is 4.79 Å². The third-order valence-corrected chi connectivity index (χ3v) is 6.88. The highest BCUT2D eigenvalue weighted by Gasteiger charge is 2.55. The quantitative estimate of drug-likeness (QED) is 0.845. The van der Waals surface area contributed by atoms with Crippen LogP contribution >= 0.6 is 0 Å². The number of amides is 1. The molecule has 4 aliphatic carbocycles. The van der Waals surface area contributed by atoms with Crippen molar-refractivity contribution in [2.24, 2.45) is 23.2 Å². The fourth-order valence-electron chi connectivity index (χ4n) is 6.32. The van der Waals surface area contributed by atoms with Gasteiger partial charge < -0.3 is 14.4 Å². The molecule has 1 unspecified atom stereocenters. The van der Waals surface area contributed by atoms with Gasteiger partial charge in [-0.3, -0.25) is 4.79 Å². The molecule has 5 aliphatic rings. The minimum Gasteiger partial charge on any atom is -0.486 e. The Labute approximate surface area is 149 Å². The normalized spacial score (nSPS) is 37.8. The minimum absolute atomic E-state index is 0.0725. The van der Waals surface area contributed by atoms with Crippen molar-refractivity contribution >= 4 is 5.91 Å². The smallest absolute Gasteiger partial charge is 0.228 e. The first-order chi connectivity index (χ1) is 12.1.